The molecule has 2 saturated heterocycles. The number of carbonyl (C=O) groups is 2. The van der Waals surface area contributed by atoms with Gasteiger partial charge >= 0.3 is 5.97 Å². The molecule has 5 heterocycles. The highest BCUT2D eigenvalue weighted by molar-refractivity contribution is 5.94. The number of hydrogen-bond donors (Lipinski definition) is 1. The molecule has 0 unspecified atom stereocenters. The zero-order valence-corrected chi connectivity index (χ0v) is 17.7. The number of tetrazole rings is 1. The van der Waals surface area contributed by atoms with E-state index < -0.39 is 11.5 Å². The summed E-state index contributed by atoms with van der Waals surface area (Å²) in [7, 11) is 0. The van der Waals surface area contributed by atoms with Gasteiger partial charge in [0.05, 0.1) is 22.4 Å². The van der Waals surface area contributed by atoms with E-state index >= 15 is 0 Å². The van der Waals surface area contributed by atoms with Crippen LogP contribution in [-0.4, -0.2) is 90.0 Å². The molecular weight excluding hydrogens is 416 g/mol. The third-order valence-corrected chi connectivity index (χ3v) is 6.76. The first kappa shape index (κ1) is 20.6. The van der Waals surface area contributed by atoms with Crippen LogP contribution in [0.4, 0.5) is 0 Å². The predicted molar refractivity (Wildman–Crippen MR) is 108 cm³/mol. The van der Waals surface area contributed by atoms with Gasteiger partial charge in [-0.2, -0.15) is 9.78 Å². The van der Waals surface area contributed by atoms with Crippen molar-refractivity contribution in [3.63, 3.8) is 0 Å². The molecule has 3 aliphatic heterocycles. The van der Waals surface area contributed by atoms with Crippen LogP contribution in [0.3, 0.4) is 0 Å². The van der Waals surface area contributed by atoms with Crippen molar-refractivity contribution in [3.8, 4) is 5.82 Å². The second kappa shape index (κ2) is 8.02. The zero-order chi connectivity index (χ0) is 22.3. The Morgan fingerprint density at radius 3 is 2.56 bits per heavy atom. The van der Waals surface area contributed by atoms with Crippen molar-refractivity contribution in [1.82, 2.24) is 40.2 Å². The second-order valence-corrected chi connectivity index (χ2v) is 8.52. The van der Waals surface area contributed by atoms with E-state index in [1.807, 2.05) is 0 Å². The monoisotopic (exact) mass is 440 g/mol. The van der Waals surface area contributed by atoms with Crippen LogP contribution in [-0.2, 0) is 14.3 Å². The molecule has 1 amide bonds. The number of β-amino-alcohol motifs (C(OH)–C–C–N with tert-alkyl or cyclic N) is 1. The Bertz CT molecular complexity index is 1040. The molecule has 0 bridgehead atoms. The molecule has 12 nitrogen and oxygen atoms in total. The topological polar surface area (TPSA) is 139 Å². The van der Waals surface area contributed by atoms with Gasteiger partial charge in [-0.05, 0) is 61.8 Å². The number of hydrogen-bond acceptors (Lipinski definition) is 10. The molecule has 0 radical (unpaired) electrons. The lowest BCUT2D eigenvalue weighted by Gasteiger charge is -2.38. The summed E-state index contributed by atoms with van der Waals surface area (Å²) in [5.74, 6) is 0.218. The van der Waals surface area contributed by atoms with Crippen LogP contribution in [0.25, 0.3) is 5.82 Å². The fourth-order valence-corrected chi connectivity index (χ4v) is 4.69. The maximum atomic E-state index is 13.2. The Morgan fingerprint density at radius 1 is 1.16 bits per heavy atom. The highest BCUT2D eigenvalue weighted by atomic mass is 16.5. The van der Waals surface area contributed by atoms with Crippen LogP contribution in [0, 0.1) is 5.41 Å². The van der Waals surface area contributed by atoms with Gasteiger partial charge in [-0.3, -0.25) is 4.79 Å². The number of rotatable bonds is 5. The van der Waals surface area contributed by atoms with Gasteiger partial charge in [0.2, 0.25) is 5.91 Å². The van der Waals surface area contributed by atoms with Gasteiger partial charge in [0.15, 0.2) is 5.82 Å². The molecule has 0 aromatic carbocycles. The summed E-state index contributed by atoms with van der Waals surface area (Å²) in [6.45, 7) is 4.34. The van der Waals surface area contributed by atoms with Crippen LogP contribution >= 0.6 is 0 Å². The van der Waals surface area contributed by atoms with Crippen molar-refractivity contribution in [2.24, 2.45) is 5.41 Å². The van der Waals surface area contributed by atoms with Crippen molar-refractivity contribution < 1.29 is 19.4 Å². The third-order valence-electron chi connectivity index (χ3n) is 6.76. The zero-order valence-electron chi connectivity index (χ0n) is 17.7. The smallest absolute Gasteiger partial charge is 0.336 e. The van der Waals surface area contributed by atoms with E-state index in [0.717, 1.165) is 19.3 Å². The number of amides is 1. The van der Waals surface area contributed by atoms with E-state index in [1.165, 1.54) is 11.0 Å². The Balaban J connectivity index is 1.18. The minimum atomic E-state index is -0.787. The summed E-state index contributed by atoms with van der Waals surface area (Å²) < 4.78 is 6.47. The van der Waals surface area contributed by atoms with Crippen LogP contribution in [0.1, 0.15) is 38.0 Å². The summed E-state index contributed by atoms with van der Waals surface area (Å²) in [5.41, 5.74) is 1.31. The molecule has 2 aromatic rings. The van der Waals surface area contributed by atoms with E-state index in [1.54, 1.807) is 24.0 Å². The van der Waals surface area contributed by atoms with Gasteiger partial charge in [-0.15, -0.1) is 10.2 Å². The molecule has 168 valence electrons. The summed E-state index contributed by atoms with van der Waals surface area (Å²) in [5, 5.41) is 29.7. The quantitative estimate of drug-likeness (QED) is 0.613. The molecule has 3 aliphatic rings. The summed E-state index contributed by atoms with van der Waals surface area (Å²) in [4.78, 5) is 28.8. The average Bonchev–Trinajstić information content (AvgIpc) is 3.53. The first-order chi connectivity index (χ1) is 15.5. The molecule has 0 saturated carbocycles. The normalized spacial score (nSPS) is 22.1. The SMILES string of the molecule is CC1=C(N2CCC3(CCN(C[C@@H](O)c4ccc(-n5cnnn5)nn4)CC3)C2=O)COC1=O. The first-order valence-electron chi connectivity index (χ1n) is 10.6. The van der Waals surface area contributed by atoms with Crippen LogP contribution in [0.2, 0.25) is 0 Å². The lowest BCUT2D eigenvalue weighted by atomic mass is 9.77. The van der Waals surface area contributed by atoms with Crippen LogP contribution in [0.5, 0.6) is 0 Å². The van der Waals surface area contributed by atoms with Crippen molar-refractivity contribution in [1.29, 1.82) is 0 Å². The van der Waals surface area contributed by atoms with E-state index in [0.29, 0.717) is 49.0 Å². The van der Waals surface area contributed by atoms with Gasteiger partial charge in [0, 0.05) is 13.1 Å². The van der Waals surface area contributed by atoms with E-state index in [4.69, 9.17) is 4.74 Å². The van der Waals surface area contributed by atoms with Gasteiger partial charge in [-0.25, -0.2) is 4.79 Å². The van der Waals surface area contributed by atoms with Gasteiger partial charge < -0.3 is 19.6 Å². The molecule has 1 N–H and O–H groups in total. The fourth-order valence-electron chi connectivity index (χ4n) is 4.69. The van der Waals surface area contributed by atoms with Gasteiger partial charge in [0.1, 0.15) is 19.0 Å². The Labute approximate surface area is 183 Å². The predicted octanol–water partition coefficient (Wildman–Crippen LogP) is -0.369. The number of esters is 1. The maximum absolute atomic E-state index is 13.2. The lowest BCUT2D eigenvalue weighted by Crippen LogP contribution is -2.45. The molecular formula is C20H24N8O4. The van der Waals surface area contributed by atoms with E-state index in [-0.39, 0.29) is 18.5 Å². The van der Waals surface area contributed by atoms with Gasteiger partial charge in [0.25, 0.3) is 0 Å². The van der Waals surface area contributed by atoms with E-state index in [2.05, 4.69) is 30.6 Å². The average molecular weight is 440 g/mol. The molecule has 2 fully saturated rings. The Morgan fingerprint density at radius 2 is 1.94 bits per heavy atom. The summed E-state index contributed by atoms with van der Waals surface area (Å²) in [6.07, 6.45) is 2.85. The lowest BCUT2D eigenvalue weighted by molar-refractivity contribution is -0.138. The minimum absolute atomic E-state index is 0.0920. The minimum Gasteiger partial charge on any atom is -0.456 e. The number of ether oxygens (including phenoxy) is 1. The largest absolute Gasteiger partial charge is 0.456 e. The van der Waals surface area contributed by atoms with Gasteiger partial charge in [-0.1, -0.05) is 0 Å². The van der Waals surface area contributed by atoms with Crippen LogP contribution in [0.15, 0.2) is 29.7 Å². The molecule has 0 aliphatic carbocycles. The third kappa shape index (κ3) is 3.54. The van der Waals surface area contributed by atoms with Crippen molar-refractivity contribution >= 4 is 11.9 Å². The van der Waals surface area contributed by atoms with Crippen molar-refractivity contribution in [3.05, 3.63) is 35.4 Å². The summed E-state index contributed by atoms with van der Waals surface area (Å²) in [6, 6.07) is 3.41. The number of nitrogens with zero attached hydrogens (tertiary/aromatic N) is 8. The van der Waals surface area contributed by atoms with Crippen molar-refractivity contribution in [2.45, 2.75) is 32.3 Å². The van der Waals surface area contributed by atoms with Crippen LogP contribution < -0.4 is 0 Å². The standard InChI is InChI=1S/C20H24N8O4/c1-13-15(11-32-18(13)30)27-9-6-20(19(27)31)4-7-26(8-5-20)10-16(29)14-2-3-17(23-22-14)28-12-21-24-25-28/h2-3,12,16,29H,4-11H2,1H3/t16-/m1/s1. The molecule has 1 spiro atoms. The molecule has 5 rings (SSSR count). The Hall–Kier alpha value is -3.25. The number of cyclic esters (lactones) is 1. The maximum Gasteiger partial charge on any atom is 0.336 e. The van der Waals surface area contributed by atoms with Crippen molar-refractivity contribution in [2.75, 3.05) is 32.8 Å². The summed E-state index contributed by atoms with van der Waals surface area (Å²) >= 11 is 0. The molecule has 1 atom stereocenters. The number of carbonyl (C=O) groups excluding carboxylic acids is 2. The number of likely N-dealkylation sites (tertiary alicyclic amines) is 2. The molecule has 2 aromatic heterocycles. The first-order valence-corrected chi connectivity index (χ1v) is 10.6. The molecule has 12 heteroatoms. The highest BCUT2D eigenvalue weighted by Gasteiger charge is 2.50. The highest BCUT2D eigenvalue weighted by Crippen LogP contribution is 2.43. The second-order valence-electron chi connectivity index (χ2n) is 8.52. The molecule has 32 heavy (non-hydrogen) atoms. The van der Waals surface area contributed by atoms with E-state index in [9.17, 15) is 14.7 Å². The Kier molecular flexibility index (Phi) is 5.18. The number of piperidine rings is 1. The fraction of sp³-hybridized carbons (Fsp3) is 0.550. The number of aliphatic hydroxyl groups is 1. The number of aliphatic hydroxyl groups excluding tert-OH is 1. The number of aromatic nitrogens is 6.